The molecule has 0 aromatic carbocycles. The van der Waals surface area contributed by atoms with Gasteiger partial charge in [0.1, 0.15) is 19.3 Å². The number of aryl methyl sites for hydroxylation is 1. The van der Waals surface area contributed by atoms with Crippen molar-refractivity contribution < 1.29 is 19.6 Å². The highest BCUT2D eigenvalue weighted by Gasteiger charge is 2.16. The third-order valence-corrected chi connectivity index (χ3v) is 1.91. The number of nitrogens with zero attached hydrogens (tertiary/aromatic N) is 3. The predicted octanol–water partition coefficient (Wildman–Crippen LogP) is 0.201. The zero-order chi connectivity index (χ0) is 12.1. The monoisotopic (exact) mass is 229 g/mol. The van der Waals surface area contributed by atoms with E-state index in [9.17, 15) is 14.9 Å². The van der Waals surface area contributed by atoms with E-state index in [4.69, 9.17) is 9.84 Å². The highest BCUT2D eigenvalue weighted by atomic mass is 16.6. The van der Waals surface area contributed by atoms with Crippen LogP contribution in [0.3, 0.4) is 0 Å². The van der Waals surface area contributed by atoms with Crippen LogP contribution in [0, 0.1) is 17.0 Å². The number of imidazole rings is 1. The molecule has 8 nitrogen and oxygen atoms in total. The van der Waals surface area contributed by atoms with E-state index in [0.717, 1.165) is 6.20 Å². The van der Waals surface area contributed by atoms with Gasteiger partial charge in [0.25, 0.3) is 0 Å². The van der Waals surface area contributed by atoms with Gasteiger partial charge < -0.3 is 20.0 Å². The van der Waals surface area contributed by atoms with Crippen LogP contribution in [0.4, 0.5) is 5.82 Å². The molecule has 88 valence electrons. The summed E-state index contributed by atoms with van der Waals surface area (Å²) in [6.45, 7) is 1.51. The van der Waals surface area contributed by atoms with E-state index >= 15 is 0 Å². The zero-order valence-corrected chi connectivity index (χ0v) is 8.62. The number of hydrogen-bond donors (Lipinski definition) is 1. The molecule has 0 aliphatic rings. The molecule has 0 aliphatic heterocycles. The van der Waals surface area contributed by atoms with Gasteiger partial charge in [0, 0.05) is 6.92 Å². The summed E-state index contributed by atoms with van der Waals surface area (Å²) in [6, 6.07) is 0. The molecule has 0 unspecified atom stereocenters. The Morgan fingerprint density at radius 3 is 3.00 bits per heavy atom. The van der Waals surface area contributed by atoms with Gasteiger partial charge in [0.05, 0.1) is 6.61 Å². The Morgan fingerprint density at radius 1 is 1.75 bits per heavy atom. The Bertz CT molecular complexity index is 400. The van der Waals surface area contributed by atoms with E-state index < -0.39 is 17.5 Å². The second-order valence-corrected chi connectivity index (χ2v) is 3.02. The van der Waals surface area contributed by atoms with Gasteiger partial charge >= 0.3 is 11.8 Å². The lowest BCUT2D eigenvalue weighted by molar-refractivity contribution is -0.392. The van der Waals surface area contributed by atoms with Gasteiger partial charge in [-0.3, -0.25) is 0 Å². The fourth-order valence-electron chi connectivity index (χ4n) is 1.19. The third kappa shape index (κ3) is 3.02. The molecule has 8 heteroatoms. The Morgan fingerprint density at radius 2 is 2.44 bits per heavy atom. The molecular weight excluding hydrogens is 218 g/mol. The number of rotatable bonds is 6. The van der Waals surface area contributed by atoms with Crippen LogP contribution in [-0.2, 0) is 16.1 Å². The maximum atomic E-state index is 10.6. The van der Waals surface area contributed by atoms with E-state index in [1.807, 2.05) is 0 Å². The maximum Gasteiger partial charge on any atom is 0.342 e. The summed E-state index contributed by atoms with van der Waals surface area (Å²) in [5, 5.41) is 18.9. The van der Waals surface area contributed by atoms with Gasteiger partial charge in [-0.15, -0.1) is 0 Å². The largest absolute Gasteiger partial charge is 0.480 e. The van der Waals surface area contributed by atoms with E-state index in [2.05, 4.69) is 4.98 Å². The molecule has 16 heavy (non-hydrogen) atoms. The average Bonchev–Trinajstić information content (AvgIpc) is 2.54. The Hall–Kier alpha value is -1.96. The van der Waals surface area contributed by atoms with Crippen molar-refractivity contribution in [2.24, 2.45) is 0 Å². The molecule has 1 aromatic rings. The van der Waals surface area contributed by atoms with Crippen molar-refractivity contribution in [2.45, 2.75) is 13.5 Å². The van der Waals surface area contributed by atoms with Gasteiger partial charge in [-0.05, 0) is 4.92 Å². The summed E-state index contributed by atoms with van der Waals surface area (Å²) >= 11 is 0. The van der Waals surface area contributed by atoms with E-state index in [1.54, 1.807) is 6.92 Å². The number of aliphatic carboxylic acids is 1. The minimum Gasteiger partial charge on any atom is -0.480 e. The van der Waals surface area contributed by atoms with Crippen molar-refractivity contribution in [1.29, 1.82) is 0 Å². The Balaban J connectivity index is 2.56. The first kappa shape index (κ1) is 12.1. The summed E-state index contributed by atoms with van der Waals surface area (Å²) in [7, 11) is 0. The number of hydrogen-bond acceptors (Lipinski definition) is 5. The van der Waals surface area contributed by atoms with E-state index in [-0.39, 0.29) is 19.0 Å². The highest BCUT2D eigenvalue weighted by Crippen LogP contribution is 2.12. The molecule has 0 saturated carbocycles. The molecule has 1 aromatic heterocycles. The van der Waals surface area contributed by atoms with Crippen LogP contribution in [0.15, 0.2) is 6.20 Å². The maximum absolute atomic E-state index is 10.6. The molecule has 1 N–H and O–H groups in total. The fraction of sp³-hybridized carbons (Fsp3) is 0.500. The molecular formula is C8H11N3O5. The van der Waals surface area contributed by atoms with Crippen molar-refractivity contribution in [3.8, 4) is 0 Å². The van der Waals surface area contributed by atoms with Crippen LogP contribution in [0.25, 0.3) is 0 Å². The standard InChI is InChI=1S/C8H11N3O5/c1-6-9-4-7(11(14)15)10(6)2-3-16-5-8(12)13/h4H,2-3,5H2,1H3,(H,12,13). The summed E-state index contributed by atoms with van der Waals surface area (Å²) in [5.41, 5.74) is 0. The second kappa shape index (κ2) is 5.21. The first-order chi connectivity index (χ1) is 7.52. The number of nitro groups is 1. The van der Waals surface area contributed by atoms with E-state index in [0.29, 0.717) is 5.82 Å². The second-order valence-electron chi connectivity index (χ2n) is 3.02. The van der Waals surface area contributed by atoms with Crippen molar-refractivity contribution >= 4 is 11.8 Å². The van der Waals surface area contributed by atoms with Gasteiger partial charge in [0.2, 0.25) is 0 Å². The van der Waals surface area contributed by atoms with Crippen molar-refractivity contribution in [3.63, 3.8) is 0 Å². The van der Waals surface area contributed by atoms with Crippen LogP contribution >= 0.6 is 0 Å². The molecule has 0 aliphatic carbocycles. The molecule has 1 heterocycles. The molecule has 0 saturated heterocycles. The lowest BCUT2D eigenvalue weighted by atomic mass is 10.5. The lowest BCUT2D eigenvalue weighted by Crippen LogP contribution is -2.13. The van der Waals surface area contributed by atoms with Crippen LogP contribution in [-0.4, -0.2) is 38.8 Å². The molecule has 0 radical (unpaired) electrons. The number of carbonyl (C=O) groups is 1. The minimum absolute atomic E-state index is 0.0876. The number of aromatic nitrogens is 2. The molecule has 0 bridgehead atoms. The Labute approximate surface area is 90.6 Å². The van der Waals surface area contributed by atoms with Crippen molar-refractivity contribution in [1.82, 2.24) is 9.55 Å². The first-order valence-electron chi connectivity index (χ1n) is 4.48. The van der Waals surface area contributed by atoms with Crippen LogP contribution in [0.5, 0.6) is 0 Å². The van der Waals surface area contributed by atoms with Crippen molar-refractivity contribution in [3.05, 3.63) is 22.1 Å². The quantitative estimate of drug-likeness (QED) is 0.424. The third-order valence-electron chi connectivity index (χ3n) is 1.91. The predicted molar refractivity (Wildman–Crippen MR) is 52.1 cm³/mol. The van der Waals surface area contributed by atoms with Crippen LogP contribution in [0.1, 0.15) is 5.82 Å². The van der Waals surface area contributed by atoms with Crippen LogP contribution < -0.4 is 0 Å². The fourth-order valence-corrected chi connectivity index (χ4v) is 1.19. The highest BCUT2D eigenvalue weighted by molar-refractivity contribution is 5.67. The SMILES string of the molecule is Cc1ncc([N+](=O)[O-])n1CCOCC(=O)O. The van der Waals surface area contributed by atoms with Gasteiger partial charge in [0.15, 0.2) is 5.82 Å². The topological polar surface area (TPSA) is 107 Å². The number of carboxylic acids is 1. The van der Waals surface area contributed by atoms with Gasteiger partial charge in [-0.2, -0.15) is 0 Å². The summed E-state index contributed by atoms with van der Waals surface area (Å²) in [5.74, 6) is -0.709. The van der Waals surface area contributed by atoms with Gasteiger partial charge in [-0.25, -0.2) is 14.3 Å². The summed E-state index contributed by atoms with van der Waals surface area (Å²) in [6.07, 6.45) is 1.16. The minimum atomic E-state index is -1.07. The summed E-state index contributed by atoms with van der Waals surface area (Å²) in [4.78, 5) is 24.0. The first-order valence-corrected chi connectivity index (χ1v) is 4.48. The molecule has 0 amide bonds. The Kier molecular flexibility index (Phi) is 3.95. The molecule has 1 rings (SSSR count). The summed E-state index contributed by atoms with van der Waals surface area (Å²) < 4.78 is 6.15. The van der Waals surface area contributed by atoms with Gasteiger partial charge in [-0.1, -0.05) is 0 Å². The van der Waals surface area contributed by atoms with E-state index in [1.165, 1.54) is 4.57 Å². The normalized spacial score (nSPS) is 10.3. The smallest absolute Gasteiger partial charge is 0.342 e. The number of ether oxygens (including phenoxy) is 1. The molecule has 0 atom stereocenters. The van der Waals surface area contributed by atoms with Crippen LogP contribution in [0.2, 0.25) is 0 Å². The molecule has 0 fully saturated rings. The molecule has 0 spiro atoms. The van der Waals surface area contributed by atoms with Crippen molar-refractivity contribution in [2.75, 3.05) is 13.2 Å². The number of carboxylic acid groups (broad SMARTS) is 1. The lowest BCUT2D eigenvalue weighted by Gasteiger charge is -2.02. The average molecular weight is 229 g/mol. The zero-order valence-electron chi connectivity index (χ0n) is 8.62.